The third-order valence-electron chi connectivity index (χ3n) is 4.67. The van der Waals surface area contributed by atoms with Gasteiger partial charge in [-0.05, 0) is 43.4 Å². The Morgan fingerprint density at radius 2 is 1.89 bits per heavy atom. The van der Waals surface area contributed by atoms with Crippen molar-refractivity contribution < 1.29 is 0 Å². The molecule has 1 aliphatic heterocycles. The maximum absolute atomic E-state index is 6.10. The highest BCUT2D eigenvalue weighted by molar-refractivity contribution is 9.10. The molecule has 1 saturated heterocycles. The van der Waals surface area contributed by atoms with Crippen LogP contribution in [0, 0.1) is 0 Å². The first-order valence-corrected chi connectivity index (χ1v) is 7.80. The molecule has 3 rings (SSSR count). The first kappa shape index (κ1) is 12.5. The number of nitrogens with zero attached hydrogens (tertiary/aromatic N) is 1. The third-order valence-corrected chi connectivity index (χ3v) is 5.33. The number of halogens is 1. The molecular formula is C15H21BrN2. The van der Waals surface area contributed by atoms with Gasteiger partial charge >= 0.3 is 0 Å². The summed E-state index contributed by atoms with van der Waals surface area (Å²) in [4.78, 5) is 2.54. The summed E-state index contributed by atoms with van der Waals surface area (Å²) in [6.45, 7) is 3.17. The summed E-state index contributed by atoms with van der Waals surface area (Å²) < 4.78 is 1.25. The monoisotopic (exact) mass is 308 g/mol. The highest BCUT2D eigenvalue weighted by Crippen LogP contribution is 2.49. The van der Waals surface area contributed by atoms with Crippen LogP contribution in [0.1, 0.15) is 37.7 Å². The van der Waals surface area contributed by atoms with Crippen molar-refractivity contribution in [2.75, 3.05) is 24.5 Å². The van der Waals surface area contributed by atoms with Gasteiger partial charge in [0.05, 0.1) is 0 Å². The predicted molar refractivity (Wildman–Crippen MR) is 80.2 cm³/mol. The molecule has 1 aromatic carbocycles. The molecule has 0 radical (unpaired) electrons. The van der Waals surface area contributed by atoms with E-state index in [2.05, 4.69) is 39.0 Å². The Labute approximate surface area is 118 Å². The summed E-state index contributed by atoms with van der Waals surface area (Å²) in [7, 11) is 0. The van der Waals surface area contributed by atoms with E-state index in [1.807, 2.05) is 0 Å². The molecule has 1 aliphatic carbocycles. The maximum Gasteiger partial charge on any atom is 0.0416 e. The van der Waals surface area contributed by atoms with Crippen molar-refractivity contribution in [2.45, 2.75) is 37.5 Å². The highest BCUT2D eigenvalue weighted by atomic mass is 79.9. The lowest BCUT2D eigenvalue weighted by molar-refractivity contribution is 0.252. The zero-order valence-corrected chi connectivity index (χ0v) is 12.4. The Morgan fingerprint density at radius 3 is 2.44 bits per heavy atom. The number of hydrogen-bond acceptors (Lipinski definition) is 2. The van der Waals surface area contributed by atoms with Crippen LogP contribution in [0.4, 0.5) is 5.69 Å². The van der Waals surface area contributed by atoms with Crippen LogP contribution >= 0.6 is 15.9 Å². The second-order valence-electron chi connectivity index (χ2n) is 5.67. The second-order valence-corrected chi connectivity index (χ2v) is 6.52. The Balaban J connectivity index is 2.05. The second kappa shape index (κ2) is 4.86. The van der Waals surface area contributed by atoms with Crippen LogP contribution in [0.5, 0.6) is 0 Å². The number of anilines is 1. The standard InChI is InChI=1S/C15H21BrN2/c16-12-5-3-6-13(18-9-1-2-10-18)14(12)15(11-17)7-4-8-15/h3,5-6H,1-2,4,7-11,17H2. The summed E-state index contributed by atoms with van der Waals surface area (Å²) in [6, 6.07) is 6.61. The van der Waals surface area contributed by atoms with Gasteiger partial charge in [0, 0.05) is 35.2 Å². The van der Waals surface area contributed by atoms with Crippen molar-refractivity contribution in [2.24, 2.45) is 5.73 Å². The first-order valence-electron chi connectivity index (χ1n) is 7.01. The normalized spacial score (nSPS) is 22.0. The van der Waals surface area contributed by atoms with Gasteiger partial charge in [-0.2, -0.15) is 0 Å². The lowest BCUT2D eigenvalue weighted by Gasteiger charge is -2.44. The molecule has 0 unspecified atom stereocenters. The van der Waals surface area contributed by atoms with Crippen LogP contribution in [0.3, 0.4) is 0 Å². The number of rotatable bonds is 3. The van der Waals surface area contributed by atoms with Crippen LogP contribution in [-0.2, 0) is 5.41 Å². The summed E-state index contributed by atoms with van der Waals surface area (Å²) in [5.74, 6) is 0. The van der Waals surface area contributed by atoms with Gasteiger partial charge in [-0.25, -0.2) is 0 Å². The van der Waals surface area contributed by atoms with Gasteiger partial charge in [0.2, 0.25) is 0 Å². The van der Waals surface area contributed by atoms with Crippen LogP contribution < -0.4 is 10.6 Å². The summed E-state index contributed by atoms with van der Waals surface area (Å²) in [6.07, 6.45) is 6.45. The minimum atomic E-state index is 0.234. The van der Waals surface area contributed by atoms with Gasteiger partial charge in [0.1, 0.15) is 0 Å². The van der Waals surface area contributed by atoms with E-state index in [-0.39, 0.29) is 5.41 Å². The van der Waals surface area contributed by atoms with Gasteiger partial charge in [-0.15, -0.1) is 0 Å². The van der Waals surface area contributed by atoms with Crippen molar-refractivity contribution in [1.82, 2.24) is 0 Å². The van der Waals surface area contributed by atoms with E-state index in [9.17, 15) is 0 Å². The molecule has 1 heterocycles. The zero-order valence-electron chi connectivity index (χ0n) is 10.8. The van der Waals surface area contributed by atoms with Crippen molar-refractivity contribution in [3.05, 3.63) is 28.2 Å². The van der Waals surface area contributed by atoms with Gasteiger partial charge in [-0.1, -0.05) is 28.4 Å². The topological polar surface area (TPSA) is 29.3 Å². The van der Waals surface area contributed by atoms with Gasteiger partial charge < -0.3 is 10.6 Å². The molecule has 2 aliphatic rings. The summed E-state index contributed by atoms with van der Waals surface area (Å²) in [5, 5.41) is 0. The van der Waals surface area contributed by atoms with Crippen LogP contribution in [0.15, 0.2) is 22.7 Å². The van der Waals surface area contributed by atoms with Crippen molar-refractivity contribution in [3.8, 4) is 0 Å². The van der Waals surface area contributed by atoms with E-state index >= 15 is 0 Å². The van der Waals surface area contributed by atoms with E-state index in [1.165, 1.54) is 60.9 Å². The lowest BCUT2D eigenvalue weighted by atomic mass is 9.64. The molecule has 0 bridgehead atoms. The van der Waals surface area contributed by atoms with Crippen LogP contribution in [0.25, 0.3) is 0 Å². The largest absolute Gasteiger partial charge is 0.371 e. The van der Waals surface area contributed by atoms with E-state index in [4.69, 9.17) is 5.73 Å². The minimum Gasteiger partial charge on any atom is -0.371 e. The molecule has 2 nitrogen and oxygen atoms in total. The molecule has 98 valence electrons. The smallest absolute Gasteiger partial charge is 0.0416 e. The summed E-state index contributed by atoms with van der Waals surface area (Å²) >= 11 is 3.76. The SMILES string of the molecule is NCC1(c2c(Br)cccc2N2CCCC2)CCC1. The van der Waals surface area contributed by atoms with Crippen molar-refractivity contribution in [3.63, 3.8) is 0 Å². The van der Waals surface area contributed by atoms with Crippen molar-refractivity contribution in [1.29, 1.82) is 0 Å². The fraction of sp³-hybridized carbons (Fsp3) is 0.600. The van der Waals surface area contributed by atoms with Crippen LogP contribution in [-0.4, -0.2) is 19.6 Å². The Bertz CT molecular complexity index is 429. The molecule has 0 amide bonds. The molecule has 1 aromatic rings. The van der Waals surface area contributed by atoms with Crippen molar-refractivity contribution >= 4 is 21.6 Å². The van der Waals surface area contributed by atoms with E-state index in [0.29, 0.717) is 0 Å². The molecule has 2 fully saturated rings. The maximum atomic E-state index is 6.10. The Hall–Kier alpha value is -0.540. The number of nitrogens with two attached hydrogens (primary N) is 1. The zero-order chi connectivity index (χ0) is 12.6. The minimum absolute atomic E-state index is 0.234. The fourth-order valence-electron chi connectivity index (χ4n) is 3.42. The number of hydrogen-bond donors (Lipinski definition) is 1. The predicted octanol–water partition coefficient (Wildman–Crippen LogP) is 3.43. The van der Waals surface area contributed by atoms with E-state index < -0.39 is 0 Å². The highest BCUT2D eigenvalue weighted by Gasteiger charge is 2.41. The molecule has 3 heteroatoms. The quantitative estimate of drug-likeness (QED) is 0.927. The average Bonchev–Trinajstić information content (AvgIpc) is 2.84. The molecule has 18 heavy (non-hydrogen) atoms. The molecule has 0 spiro atoms. The third kappa shape index (κ3) is 1.88. The van der Waals surface area contributed by atoms with Gasteiger partial charge in [0.25, 0.3) is 0 Å². The molecule has 2 N–H and O–H groups in total. The Kier molecular flexibility index (Phi) is 3.37. The molecule has 0 atom stereocenters. The van der Waals surface area contributed by atoms with Gasteiger partial charge in [0.15, 0.2) is 0 Å². The lowest BCUT2D eigenvalue weighted by Crippen LogP contribution is -2.43. The van der Waals surface area contributed by atoms with E-state index in [0.717, 1.165) is 6.54 Å². The van der Waals surface area contributed by atoms with Crippen LogP contribution in [0.2, 0.25) is 0 Å². The molecule has 1 saturated carbocycles. The summed E-state index contributed by atoms with van der Waals surface area (Å²) in [5.41, 5.74) is 9.23. The van der Waals surface area contributed by atoms with Gasteiger partial charge in [-0.3, -0.25) is 0 Å². The average molecular weight is 309 g/mol. The number of benzene rings is 1. The fourth-order valence-corrected chi connectivity index (χ4v) is 4.20. The molecular weight excluding hydrogens is 288 g/mol. The molecule has 0 aromatic heterocycles. The first-order chi connectivity index (χ1) is 8.77. The Morgan fingerprint density at radius 1 is 1.17 bits per heavy atom. The van der Waals surface area contributed by atoms with E-state index in [1.54, 1.807) is 0 Å².